The number of hydrogen-bond acceptors (Lipinski definition) is 1. The van der Waals surface area contributed by atoms with Crippen LogP contribution in [0.2, 0.25) is 5.02 Å². The van der Waals surface area contributed by atoms with Crippen LogP contribution in [0.15, 0.2) is 24.3 Å². The molecule has 0 radical (unpaired) electrons. The van der Waals surface area contributed by atoms with Gasteiger partial charge < -0.3 is 5.32 Å². The molecule has 19 heavy (non-hydrogen) atoms. The molecule has 1 atom stereocenters. The monoisotopic (exact) mass is 281 g/mol. The average molecular weight is 282 g/mol. The standard InChI is InChI=1S/C17H28ClN/c1-5-6-7-15(13-19-17(2,3)4)12-14-8-10-16(18)11-9-14/h8-11,15,19H,5-7,12-13H2,1-4H3. The van der Waals surface area contributed by atoms with E-state index in [-0.39, 0.29) is 5.54 Å². The van der Waals surface area contributed by atoms with E-state index in [1.54, 1.807) is 0 Å². The number of unbranched alkanes of at least 4 members (excludes halogenated alkanes) is 1. The van der Waals surface area contributed by atoms with Gasteiger partial charge in [-0.25, -0.2) is 0 Å². The predicted molar refractivity (Wildman–Crippen MR) is 85.9 cm³/mol. The fourth-order valence-corrected chi connectivity index (χ4v) is 2.30. The van der Waals surface area contributed by atoms with Crippen molar-refractivity contribution >= 4 is 11.6 Å². The maximum atomic E-state index is 5.94. The minimum Gasteiger partial charge on any atom is -0.312 e. The van der Waals surface area contributed by atoms with Crippen molar-refractivity contribution < 1.29 is 0 Å². The summed E-state index contributed by atoms with van der Waals surface area (Å²) in [5, 5.41) is 4.46. The molecule has 0 aliphatic heterocycles. The number of nitrogens with one attached hydrogen (secondary N) is 1. The molecule has 1 aromatic carbocycles. The summed E-state index contributed by atoms with van der Waals surface area (Å²) in [5.41, 5.74) is 1.59. The molecule has 0 heterocycles. The third-order valence-corrected chi connectivity index (χ3v) is 3.58. The van der Waals surface area contributed by atoms with Crippen LogP contribution >= 0.6 is 11.6 Å². The number of hydrogen-bond donors (Lipinski definition) is 1. The lowest BCUT2D eigenvalue weighted by Gasteiger charge is -2.25. The molecule has 0 amide bonds. The summed E-state index contributed by atoms with van der Waals surface area (Å²) in [5.74, 6) is 0.709. The lowest BCUT2D eigenvalue weighted by molar-refractivity contribution is 0.351. The quantitative estimate of drug-likeness (QED) is 0.735. The minimum atomic E-state index is 0.199. The summed E-state index contributed by atoms with van der Waals surface area (Å²) >= 11 is 5.94. The van der Waals surface area contributed by atoms with E-state index in [0.717, 1.165) is 18.0 Å². The maximum Gasteiger partial charge on any atom is 0.0406 e. The van der Waals surface area contributed by atoms with Crippen LogP contribution in [0.3, 0.4) is 0 Å². The van der Waals surface area contributed by atoms with E-state index in [2.05, 4.69) is 45.1 Å². The molecule has 1 N–H and O–H groups in total. The predicted octanol–water partition coefficient (Wildman–Crippen LogP) is 5.08. The van der Waals surface area contributed by atoms with Crippen LogP contribution in [0.25, 0.3) is 0 Å². The van der Waals surface area contributed by atoms with Crippen LogP contribution in [-0.4, -0.2) is 12.1 Å². The highest BCUT2D eigenvalue weighted by atomic mass is 35.5. The highest BCUT2D eigenvalue weighted by Crippen LogP contribution is 2.18. The molecule has 0 saturated carbocycles. The molecular weight excluding hydrogens is 254 g/mol. The van der Waals surface area contributed by atoms with Crippen LogP contribution in [-0.2, 0) is 6.42 Å². The summed E-state index contributed by atoms with van der Waals surface area (Å²) in [6, 6.07) is 8.28. The minimum absolute atomic E-state index is 0.199. The van der Waals surface area contributed by atoms with Crippen molar-refractivity contribution in [3.8, 4) is 0 Å². The second-order valence-corrected chi connectivity index (χ2v) is 6.91. The lowest BCUT2D eigenvalue weighted by Crippen LogP contribution is -2.39. The second kappa shape index (κ2) is 7.91. The Kier molecular flexibility index (Phi) is 6.88. The van der Waals surface area contributed by atoms with E-state index in [4.69, 9.17) is 11.6 Å². The Morgan fingerprint density at radius 1 is 1.16 bits per heavy atom. The van der Waals surface area contributed by atoms with Crippen LogP contribution in [0.1, 0.15) is 52.5 Å². The van der Waals surface area contributed by atoms with Crippen LogP contribution in [0.5, 0.6) is 0 Å². The second-order valence-electron chi connectivity index (χ2n) is 6.47. The van der Waals surface area contributed by atoms with Gasteiger partial charge in [0.15, 0.2) is 0 Å². The Bertz CT molecular complexity index is 351. The molecule has 0 spiro atoms. The Labute approximate surface area is 123 Å². The number of rotatable bonds is 7. The van der Waals surface area contributed by atoms with Gasteiger partial charge in [0.1, 0.15) is 0 Å². The maximum absolute atomic E-state index is 5.94. The SMILES string of the molecule is CCCCC(CNC(C)(C)C)Cc1ccc(Cl)cc1. The van der Waals surface area contributed by atoms with Gasteiger partial charge in [0.05, 0.1) is 0 Å². The largest absolute Gasteiger partial charge is 0.312 e. The topological polar surface area (TPSA) is 12.0 Å². The first-order valence-corrected chi connectivity index (χ1v) is 7.78. The van der Waals surface area contributed by atoms with Gasteiger partial charge in [0.25, 0.3) is 0 Å². The summed E-state index contributed by atoms with van der Waals surface area (Å²) < 4.78 is 0. The summed E-state index contributed by atoms with van der Waals surface area (Å²) in [6.45, 7) is 10.0. The van der Waals surface area contributed by atoms with Gasteiger partial charge in [0.2, 0.25) is 0 Å². The van der Waals surface area contributed by atoms with Gasteiger partial charge in [0, 0.05) is 10.6 Å². The third-order valence-electron chi connectivity index (χ3n) is 3.32. The molecule has 0 aromatic heterocycles. The first kappa shape index (κ1) is 16.5. The number of halogens is 1. The third kappa shape index (κ3) is 7.59. The van der Waals surface area contributed by atoms with Crippen molar-refractivity contribution in [1.29, 1.82) is 0 Å². The molecule has 0 bridgehead atoms. The van der Waals surface area contributed by atoms with Crippen molar-refractivity contribution in [3.63, 3.8) is 0 Å². The molecule has 1 aromatic rings. The van der Waals surface area contributed by atoms with Crippen molar-refractivity contribution in [2.45, 2.75) is 58.9 Å². The van der Waals surface area contributed by atoms with Crippen molar-refractivity contribution in [2.75, 3.05) is 6.54 Å². The Balaban J connectivity index is 2.55. The molecule has 2 heteroatoms. The molecule has 1 unspecified atom stereocenters. The summed E-state index contributed by atoms with van der Waals surface area (Å²) in [6.07, 6.45) is 5.01. The molecule has 1 nitrogen and oxygen atoms in total. The zero-order valence-corrected chi connectivity index (χ0v) is 13.6. The fourth-order valence-electron chi connectivity index (χ4n) is 2.17. The summed E-state index contributed by atoms with van der Waals surface area (Å²) in [7, 11) is 0. The van der Waals surface area contributed by atoms with E-state index in [1.165, 1.54) is 24.8 Å². The zero-order chi connectivity index (χ0) is 14.3. The van der Waals surface area contributed by atoms with Gasteiger partial charge in [-0.15, -0.1) is 0 Å². The Morgan fingerprint density at radius 2 is 1.79 bits per heavy atom. The van der Waals surface area contributed by atoms with Gasteiger partial charge in [-0.2, -0.15) is 0 Å². The van der Waals surface area contributed by atoms with E-state index in [9.17, 15) is 0 Å². The molecule has 0 saturated heterocycles. The highest BCUT2D eigenvalue weighted by molar-refractivity contribution is 6.30. The number of benzene rings is 1. The van der Waals surface area contributed by atoms with Gasteiger partial charge in [-0.3, -0.25) is 0 Å². The Hall–Kier alpha value is -0.530. The first-order chi connectivity index (χ1) is 8.90. The van der Waals surface area contributed by atoms with E-state index < -0.39 is 0 Å². The van der Waals surface area contributed by atoms with Gasteiger partial charge in [-0.1, -0.05) is 43.5 Å². The molecule has 108 valence electrons. The van der Waals surface area contributed by atoms with Gasteiger partial charge in [-0.05, 0) is 63.8 Å². The van der Waals surface area contributed by atoms with E-state index in [0.29, 0.717) is 5.92 Å². The summed E-state index contributed by atoms with van der Waals surface area (Å²) in [4.78, 5) is 0. The molecular formula is C17H28ClN. The van der Waals surface area contributed by atoms with Crippen LogP contribution in [0.4, 0.5) is 0 Å². The molecule has 0 aliphatic carbocycles. The highest BCUT2D eigenvalue weighted by Gasteiger charge is 2.14. The van der Waals surface area contributed by atoms with Gasteiger partial charge >= 0.3 is 0 Å². The van der Waals surface area contributed by atoms with E-state index >= 15 is 0 Å². The first-order valence-electron chi connectivity index (χ1n) is 7.40. The van der Waals surface area contributed by atoms with Crippen molar-refractivity contribution in [3.05, 3.63) is 34.9 Å². The van der Waals surface area contributed by atoms with Crippen molar-refractivity contribution in [2.24, 2.45) is 5.92 Å². The molecule has 0 aliphatic rings. The normalized spacial score (nSPS) is 13.5. The van der Waals surface area contributed by atoms with E-state index in [1.807, 2.05) is 12.1 Å². The van der Waals surface area contributed by atoms with Crippen LogP contribution in [0, 0.1) is 5.92 Å². The average Bonchev–Trinajstić information content (AvgIpc) is 2.34. The smallest absolute Gasteiger partial charge is 0.0406 e. The Morgan fingerprint density at radius 3 is 2.32 bits per heavy atom. The molecule has 0 fully saturated rings. The molecule has 1 rings (SSSR count). The van der Waals surface area contributed by atoms with Crippen molar-refractivity contribution in [1.82, 2.24) is 5.32 Å². The lowest BCUT2D eigenvalue weighted by atomic mass is 9.93. The fraction of sp³-hybridized carbons (Fsp3) is 0.647. The van der Waals surface area contributed by atoms with Crippen LogP contribution < -0.4 is 5.32 Å². The zero-order valence-electron chi connectivity index (χ0n) is 12.8.